The maximum Gasteiger partial charge on any atom is 0.275 e. The van der Waals surface area contributed by atoms with Crippen LogP contribution in [0.1, 0.15) is 23.1 Å². The van der Waals surface area contributed by atoms with Crippen molar-refractivity contribution in [1.29, 1.82) is 0 Å². The number of amides is 1. The van der Waals surface area contributed by atoms with E-state index in [1.807, 2.05) is 56.4 Å². The zero-order valence-electron chi connectivity index (χ0n) is 13.2. The Labute approximate surface area is 135 Å². The molecule has 0 aliphatic rings. The topological polar surface area (TPSA) is 59.8 Å². The molecule has 0 radical (unpaired) electrons. The summed E-state index contributed by atoms with van der Waals surface area (Å²) in [4.78, 5) is 21.2. The molecule has 0 aliphatic heterocycles. The highest BCUT2D eigenvalue weighted by Crippen LogP contribution is 2.18. The molecular weight excluding hydrogens is 288 g/mol. The quantitative estimate of drug-likeness (QED) is 0.804. The Morgan fingerprint density at radius 2 is 1.91 bits per heavy atom. The molecule has 0 saturated heterocycles. The Morgan fingerprint density at radius 1 is 1.13 bits per heavy atom. The summed E-state index contributed by atoms with van der Waals surface area (Å²) < 4.78 is 1.79. The van der Waals surface area contributed by atoms with E-state index in [9.17, 15) is 4.79 Å². The summed E-state index contributed by atoms with van der Waals surface area (Å²) in [6.45, 7) is 2.03. The molecule has 1 N–H and O–H groups in total. The second-order valence-corrected chi connectivity index (χ2v) is 5.21. The van der Waals surface area contributed by atoms with Crippen LogP contribution >= 0.6 is 0 Å². The maximum absolute atomic E-state index is 12.5. The van der Waals surface area contributed by atoms with Gasteiger partial charge in [0, 0.05) is 18.3 Å². The average molecular weight is 306 g/mol. The van der Waals surface area contributed by atoms with Crippen LogP contribution in [0.15, 0.2) is 54.7 Å². The van der Waals surface area contributed by atoms with Crippen LogP contribution in [0.5, 0.6) is 0 Å². The number of aryl methyl sites for hydroxylation is 1. The molecule has 2 heterocycles. The number of anilines is 1. The van der Waals surface area contributed by atoms with Crippen molar-refractivity contribution >= 4 is 11.7 Å². The largest absolute Gasteiger partial charge is 0.323 e. The molecule has 1 amide bonds. The highest BCUT2D eigenvalue weighted by molar-refractivity contribution is 6.02. The van der Waals surface area contributed by atoms with E-state index < -0.39 is 0 Å². The van der Waals surface area contributed by atoms with Crippen molar-refractivity contribution < 1.29 is 4.79 Å². The van der Waals surface area contributed by atoms with Crippen LogP contribution in [-0.4, -0.2) is 20.4 Å². The van der Waals surface area contributed by atoms with Gasteiger partial charge in [-0.05, 0) is 18.6 Å². The summed E-state index contributed by atoms with van der Waals surface area (Å²) in [5, 5.41) is 2.83. The van der Waals surface area contributed by atoms with E-state index >= 15 is 0 Å². The molecule has 0 saturated carbocycles. The van der Waals surface area contributed by atoms with Crippen LogP contribution in [0.4, 0.5) is 5.82 Å². The molecule has 0 aliphatic carbocycles. The molecule has 5 heteroatoms. The first kappa shape index (κ1) is 15.0. The fraction of sp³-hybridized carbons (Fsp3) is 0.167. The van der Waals surface area contributed by atoms with E-state index in [-0.39, 0.29) is 5.91 Å². The first-order chi connectivity index (χ1) is 11.2. The van der Waals surface area contributed by atoms with Crippen molar-refractivity contribution in [2.75, 3.05) is 5.32 Å². The lowest BCUT2D eigenvalue weighted by Gasteiger charge is -2.07. The predicted octanol–water partition coefficient (Wildman–Crippen LogP) is 3.30. The van der Waals surface area contributed by atoms with Crippen molar-refractivity contribution in [3.8, 4) is 11.4 Å². The standard InChI is InChI=1S/C18H18N4O/c1-3-14-10-7-11-16(20-14)21-18(23)15-12-19-17(22(15)2)13-8-5-4-6-9-13/h4-12H,3H2,1-2H3,(H,20,21,23). The molecule has 0 atom stereocenters. The normalized spacial score (nSPS) is 10.5. The highest BCUT2D eigenvalue weighted by atomic mass is 16.2. The fourth-order valence-corrected chi connectivity index (χ4v) is 2.40. The van der Waals surface area contributed by atoms with Gasteiger partial charge in [-0.3, -0.25) is 4.79 Å². The van der Waals surface area contributed by atoms with E-state index in [4.69, 9.17) is 0 Å². The molecule has 23 heavy (non-hydrogen) atoms. The molecule has 3 rings (SSSR count). The highest BCUT2D eigenvalue weighted by Gasteiger charge is 2.15. The number of pyridine rings is 1. The van der Waals surface area contributed by atoms with E-state index in [0.717, 1.165) is 23.5 Å². The molecule has 2 aromatic heterocycles. The van der Waals surface area contributed by atoms with E-state index in [1.165, 1.54) is 0 Å². The SMILES string of the molecule is CCc1cccc(NC(=O)c2cnc(-c3ccccc3)n2C)n1. The van der Waals surface area contributed by atoms with Gasteiger partial charge in [0.1, 0.15) is 17.3 Å². The number of hydrogen-bond acceptors (Lipinski definition) is 3. The third kappa shape index (κ3) is 3.13. The second kappa shape index (κ2) is 6.44. The average Bonchev–Trinajstić information content (AvgIpc) is 2.97. The Morgan fingerprint density at radius 3 is 2.65 bits per heavy atom. The summed E-state index contributed by atoms with van der Waals surface area (Å²) in [5.74, 6) is 1.09. The van der Waals surface area contributed by atoms with E-state index in [1.54, 1.807) is 16.8 Å². The Kier molecular flexibility index (Phi) is 4.19. The van der Waals surface area contributed by atoms with Gasteiger partial charge in [0.2, 0.25) is 0 Å². The van der Waals surface area contributed by atoms with Crippen LogP contribution < -0.4 is 5.32 Å². The zero-order chi connectivity index (χ0) is 16.2. The number of imidazole rings is 1. The molecule has 116 valence electrons. The number of carbonyl (C=O) groups excluding carboxylic acids is 1. The molecule has 0 bridgehead atoms. The van der Waals surface area contributed by atoms with Crippen LogP contribution in [-0.2, 0) is 13.5 Å². The molecule has 3 aromatic rings. The van der Waals surface area contributed by atoms with Crippen LogP contribution in [0.2, 0.25) is 0 Å². The van der Waals surface area contributed by atoms with Gasteiger partial charge in [-0.25, -0.2) is 9.97 Å². The van der Waals surface area contributed by atoms with E-state index in [0.29, 0.717) is 11.5 Å². The van der Waals surface area contributed by atoms with Gasteiger partial charge in [-0.15, -0.1) is 0 Å². The van der Waals surface area contributed by atoms with Gasteiger partial charge in [0.15, 0.2) is 0 Å². The summed E-state index contributed by atoms with van der Waals surface area (Å²) >= 11 is 0. The minimum atomic E-state index is -0.220. The Bertz CT molecular complexity index is 824. The number of carbonyl (C=O) groups is 1. The smallest absolute Gasteiger partial charge is 0.275 e. The third-order valence-electron chi connectivity index (χ3n) is 3.66. The van der Waals surface area contributed by atoms with Crippen LogP contribution in [0.25, 0.3) is 11.4 Å². The first-order valence-electron chi connectivity index (χ1n) is 7.53. The van der Waals surface area contributed by atoms with Crippen molar-refractivity contribution in [2.45, 2.75) is 13.3 Å². The molecular formula is C18H18N4O. The van der Waals surface area contributed by atoms with Gasteiger partial charge in [0.25, 0.3) is 5.91 Å². The monoisotopic (exact) mass is 306 g/mol. The number of nitrogens with one attached hydrogen (secondary N) is 1. The fourth-order valence-electron chi connectivity index (χ4n) is 2.40. The van der Waals surface area contributed by atoms with Crippen LogP contribution in [0.3, 0.4) is 0 Å². The third-order valence-corrected chi connectivity index (χ3v) is 3.66. The molecule has 0 fully saturated rings. The number of aromatic nitrogens is 3. The van der Waals surface area contributed by atoms with Gasteiger partial charge >= 0.3 is 0 Å². The number of rotatable bonds is 4. The van der Waals surface area contributed by atoms with Gasteiger partial charge < -0.3 is 9.88 Å². The minimum Gasteiger partial charge on any atom is -0.323 e. The summed E-state index contributed by atoms with van der Waals surface area (Å²) in [6.07, 6.45) is 2.41. The van der Waals surface area contributed by atoms with Gasteiger partial charge in [0.05, 0.1) is 6.20 Å². The zero-order valence-corrected chi connectivity index (χ0v) is 13.2. The number of benzene rings is 1. The van der Waals surface area contributed by atoms with Crippen molar-refractivity contribution in [1.82, 2.24) is 14.5 Å². The summed E-state index contributed by atoms with van der Waals surface area (Å²) in [7, 11) is 1.83. The van der Waals surface area contributed by atoms with Gasteiger partial charge in [-0.2, -0.15) is 0 Å². The molecule has 0 spiro atoms. The van der Waals surface area contributed by atoms with E-state index in [2.05, 4.69) is 15.3 Å². The summed E-state index contributed by atoms with van der Waals surface area (Å²) in [6, 6.07) is 15.4. The number of hydrogen-bond donors (Lipinski definition) is 1. The lowest BCUT2D eigenvalue weighted by molar-refractivity contribution is 0.101. The Balaban J connectivity index is 1.84. The lowest BCUT2D eigenvalue weighted by atomic mass is 10.2. The van der Waals surface area contributed by atoms with Gasteiger partial charge in [-0.1, -0.05) is 43.3 Å². The molecule has 0 unspecified atom stereocenters. The molecule has 1 aromatic carbocycles. The molecule has 5 nitrogen and oxygen atoms in total. The lowest BCUT2D eigenvalue weighted by Crippen LogP contribution is -2.17. The second-order valence-electron chi connectivity index (χ2n) is 5.21. The van der Waals surface area contributed by atoms with Crippen molar-refractivity contribution in [3.05, 3.63) is 66.1 Å². The number of nitrogens with zero attached hydrogens (tertiary/aromatic N) is 3. The van der Waals surface area contributed by atoms with Crippen molar-refractivity contribution in [3.63, 3.8) is 0 Å². The predicted molar refractivity (Wildman–Crippen MR) is 90.2 cm³/mol. The summed E-state index contributed by atoms with van der Waals surface area (Å²) in [5.41, 5.74) is 2.41. The first-order valence-corrected chi connectivity index (χ1v) is 7.53. The Hall–Kier alpha value is -2.95. The van der Waals surface area contributed by atoms with Crippen LogP contribution in [0, 0.1) is 0 Å². The minimum absolute atomic E-state index is 0.220. The maximum atomic E-state index is 12.5. The van der Waals surface area contributed by atoms with Crippen molar-refractivity contribution in [2.24, 2.45) is 7.05 Å².